The van der Waals surface area contributed by atoms with Crippen molar-refractivity contribution in [2.45, 2.75) is 27.7 Å². The Bertz CT molecular complexity index is 1480. The van der Waals surface area contributed by atoms with Crippen LogP contribution >= 0.6 is 11.6 Å². The molecule has 9 heteroatoms. The summed E-state index contributed by atoms with van der Waals surface area (Å²) in [6, 6.07) is 11.0. The molecule has 36 heavy (non-hydrogen) atoms. The molecule has 0 atom stereocenters. The average Bonchev–Trinajstić information content (AvgIpc) is 3.11. The second-order valence-corrected chi connectivity index (χ2v) is 8.95. The number of hydrogen-bond donors (Lipinski definition) is 1. The topological polar surface area (TPSA) is 97.7 Å². The Morgan fingerprint density at radius 1 is 0.972 bits per heavy atom. The Hall–Kier alpha value is -4.17. The van der Waals surface area contributed by atoms with Crippen LogP contribution in [0.1, 0.15) is 38.4 Å². The van der Waals surface area contributed by atoms with Crippen LogP contribution in [0.2, 0.25) is 5.02 Å². The Labute approximate surface area is 213 Å². The van der Waals surface area contributed by atoms with Gasteiger partial charge in [0.1, 0.15) is 5.57 Å². The van der Waals surface area contributed by atoms with Crippen LogP contribution < -0.4 is 10.2 Å². The highest BCUT2D eigenvalue weighted by Crippen LogP contribution is 2.29. The van der Waals surface area contributed by atoms with Gasteiger partial charge in [-0.2, -0.15) is 0 Å². The van der Waals surface area contributed by atoms with Crippen molar-refractivity contribution in [1.82, 2.24) is 9.88 Å². The molecule has 4 amide bonds. The van der Waals surface area contributed by atoms with Gasteiger partial charge in [-0.25, -0.2) is 14.5 Å². The molecule has 1 aliphatic rings. The van der Waals surface area contributed by atoms with Crippen molar-refractivity contribution in [1.29, 1.82) is 0 Å². The second-order valence-electron chi connectivity index (χ2n) is 8.55. The Morgan fingerprint density at radius 2 is 1.67 bits per heavy atom. The number of urea groups is 1. The number of carbonyl (C=O) groups is 4. The number of rotatable bonds is 4. The molecule has 1 N–H and O–H groups in total. The number of amides is 4. The maximum atomic E-state index is 13.3. The van der Waals surface area contributed by atoms with E-state index in [2.05, 4.69) is 5.32 Å². The number of barbiturate groups is 1. The lowest BCUT2D eigenvalue weighted by molar-refractivity contribution is -0.122. The third-order valence-corrected chi connectivity index (χ3v) is 6.56. The molecule has 1 fully saturated rings. The zero-order valence-electron chi connectivity index (χ0n) is 20.4. The smallest absolute Gasteiger partial charge is 0.337 e. The van der Waals surface area contributed by atoms with Crippen molar-refractivity contribution >= 4 is 47.2 Å². The van der Waals surface area contributed by atoms with Gasteiger partial charge >= 0.3 is 12.0 Å². The van der Waals surface area contributed by atoms with E-state index < -0.39 is 23.8 Å². The lowest BCUT2D eigenvalue weighted by Gasteiger charge is -2.26. The summed E-state index contributed by atoms with van der Waals surface area (Å²) in [6.45, 7) is 7.45. The van der Waals surface area contributed by atoms with Gasteiger partial charge in [-0.1, -0.05) is 23.7 Å². The number of ether oxygens (including phenoxy) is 1. The standard InChI is InChI=1S/C27H24ClN3O5/c1-14-7-9-20(13-22(14)28)31-25(33)21(24(32)29-27(31)35)11-19-10-16(3)30(17(19)4)23-12-18(26(34)36-5)8-6-15(23)2/h6-13H,1-5H3,(H,29,32,35)/b21-11-. The van der Waals surface area contributed by atoms with Gasteiger partial charge in [0.2, 0.25) is 0 Å². The third kappa shape index (κ3) is 4.31. The fourth-order valence-corrected chi connectivity index (χ4v) is 4.34. The van der Waals surface area contributed by atoms with Gasteiger partial charge in [-0.05, 0) is 80.8 Å². The van der Waals surface area contributed by atoms with Gasteiger partial charge in [0.15, 0.2) is 0 Å². The van der Waals surface area contributed by atoms with E-state index in [1.165, 1.54) is 19.3 Å². The molecule has 8 nitrogen and oxygen atoms in total. The molecule has 184 valence electrons. The highest BCUT2D eigenvalue weighted by Gasteiger charge is 2.37. The number of methoxy groups -OCH3 is 1. The normalized spacial score (nSPS) is 14.9. The summed E-state index contributed by atoms with van der Waals surface area (Å²) in [5, 5.41) is 2.62. The molecule has 0 spiro atoms. The van der Waals surface area contributed by atoms with Crippen molar-refractivity contribution in [3.63, 3.8) is 0 Å². The molecule has 1 saturated heterocycles. The van der Waals surface area contributed by atoms with Crippen molar-refractivity contribution in [2.24, 2.45) is 0 Å². The van der Waals surface area contributed by atoms with Crippen molar-refractivity contribution in [2.75, 3.05) is 12.0 Å². The van der Waals surface area contributed by atoms with Gasteiger partial charge in [0, 0.05) is 22.1 Å². The molecular formula is C27H24ClN3O5. The molecule has 0 unspecified atom stereocenters. The first-order valence-electron chi connectivity index (χ1n) is 11.1. The zero-order valence-corrected chi connectivity index (χ0v) is 21.2. The predicted molar refractivity (Wildman–Crippen MR) is 137 cm³/mol. The van der Waals surface area contributed by atoms with Gasteiger partial charge in [-0.3, -0.25) is 14.9 Å². The molecule has 1 aliphatic heterocycles. The first-order chi connectivity index (χ1) is 17.0. The lowest BCUT2D eigenvalue weighted by Crippen LogP contribution is -2.54. The van der Waals surface area contributed by atoms with E-state index in [9.17, 15) is 19.2 Å². The van der Waals surface area contributed by atoms with Gasteiger partial charge in [0.25, 0.3) is 11.8 Å². The van der Waals surface area contributed by atoms with Crippen LogP contribution in [0.25, 0.3) is 11.8 Å². The van der Waals surface area contributed by atoms with E-state index in [0.29, 0.717) is 16.1 Å². The van der Waals surface area contributed by atoms with Crippen molar-refractivity contribution in [3.05, 3.63) is 86.7 Å². The van der Waals surface area contributed by atoms with E-state index in [1.807, 2.05) is 37.5 Å². The number of esters is 1. The number of nitrogens with zero attached hydrogens (tertiary/aromatic N) is 2. The number of benzene rings is 2. The first-order valence-corrected chi connectivity index (χ1v) is 11.5. The number of halogens is 1. The predicted octanol–water partition coefficient (Wildman–Crippen LogP) is 4.82. The van der Waals surface area contributed by atoms with Crippen LogP contribution in [0, 0.1) is 27.7 Å². The molecule has 2 aromatic carbocycles. The van der Waals surface area contributed by atoms with Crippen LogP contribution in [-0.2, 0) is 14.3 Å². The summed E-state index contributed by atoms with van der Waals surface area (Å²) in [6.07, 6.45) is 1.46. The fraction of sp³-hybridized carbons (Fsp3) is 0.185. The number of carbonyl (C=O) groups excluding carboxylic acids is 4. The summed E-state index contributed by atoms with van der Waals surface area (Å²) in [7, 11) is 1.32. The molecule has 0 bridgehead atoms. The second kappa shape index (κ2) is 9.47. The monoisotopic (exact) mass is 505 g/mol. The minimum absolute atomic E-state index is 0.188. The van der Waals surface area contributed by atoms with Gasteiger partial charge in [-0.15, -0.1) is 0 Å². The van der Waals surface area contributed by atoms with Crippen molar-refractivity contribution in [3.8, 4) is 5.69 Å². The number of nitrogens with one attached hydrogen (secondary N) is 1. The number of anilines is 1. The molecule has 3 aromatic rings. The highest BCUT2D eigenvalue weighted by molar-refractivity contribution is 6.39. The zero-order chi connectivity index (χ0) is 26.3. The van der Waals surface area contributed by atoms with E-state index in [0.717, 1.165) is 33.1 Å². The van der Waals surface area contributed by atoms with E-state index in [-0.39, 0.29) is 11.3 Å². The molecule has 2 heterocycles. The molecule has 0 saturated carbocycles. The van der Waals surface area contributed by atoms with E-state index >= 15 is 0 Å². The number of imide groups is 2. The maximum absolute atomic E-state index is 13.3. The molecule has 1 aromatic heterocycles. The minimum atomic E-state index is -0.845. The summed E-state index contributed by atoms with van der Waals surface area (Å²) in [4.78, 5) is 51.5. The SMILES string of the molecule is COC(=O)c1ccc(C)c(-n2c(C)cc(/C=C3/C(=O)NC(=O)N(c4ccc(C)c(Cl)c4)C3=O)c2C)c1. The average molecular weight is 506 g/mol. The van der Waals surface area contributed by atoms with Crippen LogP contribution in [0.4, 0.5) is 10.5 Å². The quantitative estimate of drug-likeness (QED) is 0.311. The number of aromatic nitrogens is 1. The fourth-order valence-electron chi connectivity index (χ4n) is 4.17. The summed E-state index contributed by atoms with van der Waals surface area (Å²) < 4.78 is 6.78. The molecule has 0 radical (unpaired) electrons. The van der Waals surface area contributed by atoms with Crippen LogP contribution in [0.3, 0.4) is 0 Å². The third-order valence-electron chi connectivity index (χ3n) is 6.16. The first kappa shape index (κ1) is 24.9. The number of hydrogen-bond acceptors (Lipinski definition) is 5. The minimum Gasteiger partial charge on any atom is -0.465 e. The Balaban J connectivity index is 1.79. The highest BCUT2D eigenvalue weighted by atomic mass is 35.5. The lowest BCUT2D eigenvalue weighted by atomic mass is 10.1. The maximum Gasteiger partial charge on any atom is 0.337 e. The Morgan fingerprint density at radius 3 is 2.33 bits per heavy atom. The number of aryl methyl sites for hydroxylation is 3. The van der Waals surface area contributed by atoms with Crippen molar-refractivity contribution < 1.29 is 23.9 Å². The Kier molecular flexibility index (Phi) is 6.56. The summed E-state index contributed by atoms with van der Waals surface area (Å²) in [5.74, 6) is -1.99. The molecular weight excluding hydrogens is 482 g/mol. The summed E-state index contributed by atoms with van der Waals surface area (Å²) in [5.41, 5.74) is 5.13. The van der Waals surface area contributed by atoms with Crippen LogP contribution in [0.5, 0.6) is 0 Å². The van der Waals surface area contributed by atoms with E-state index in [1.54, 1.807) is 31.2 Å². The molecule has 4 rings (SSSR count). The van der Waals surface area contributed by atoms with Gasteiger partial charge < -0.3 is 9.30 Å². The van der Waals surface area contributed by atoms with E-state index in [4.69, 9.17) is 16.3 Å². The summed E-state index contributed by atoms with van der Waals surface area (Å²) >= 11 is 6.19. The molecule has 0 aliphatic carbocycles. The van der Waals surface area contributed by atoms with Gasteiger partial charge in [0.05, 0.1) is 18.4 Å². The largest absolute Gasteiger partial charge is 0.465 e. The van der Waals surface area contributed by atoms with Crippen LogP contribution in [0.15, 0.2) is 48.0 Å². The van der Waals surface area contributed by atoms with Crippen LogP contribution in [-0.4, -0.2) is 35.5 Å².